The van der Waals surface area contributed by atoms with Crippen molar-refractivity contribution in [3.8, 4) is 0 Å². The SMILES string of the molecule is C1=NC=C([C]2CCCCCC2)Nc2ccccc21. The summed E-state index contributed by atoms with van der Waals surface area (Å²) in [4.78, 5) is 4.43. The van der Waals surface area contributed by atoms with Crippen molar-refractivity contribution in [2.24, 2.45) is 4.99 Å². The molecule has 3 rings (SSSR count). The second kappa shape index (κ2) is 5.38. The maximum absolute atomic E-state index is 4.43. The van der Waals surface area contributed by atoms with Crippen molar-refractivity contribution in [2.45, 2.75) is 38.5 Å². The first-order valence-electron chi connectivity index (χ1n) is 6.88. The monoisotopic (exact) mass is 239 g/mol. The zero-order valence-electron chi connectivity index (χ0n) is 10.7. The van der Waals surface area contributed by atoms with E-state index in [1.165, 1.54) is 49.9 Å². The topological polar surface area (TPSA) is 24.4 Å². The van der Waals surface area contributed by atoms with E-state index in [4.69, 9.17) is 0 Å². The lowest BCUT2D eigenvalue weighted by Crippen LogP contribution is -2.09. The lowest BCUT2D eigenvalue weighted by molar-refractivity contribution is 0.702. The Hall–Kier alpha value is -1.57. The van der Waals surface area contributed by atoms with Crippen LogP contribution in [0.25, 0.3) is 0 Å². The molecule has 1 aromatic carbocycles. The van der Waals surface area contributed by atoms with Crippen molar-refractivity contribution in [1.29, 1.82) is 0 Å². The summed E-state index contributed by atoms with van der Waals surface area (Å²) >= 11 is 0. The van der Waals surface area contributed by atoms with Gasteiger partial charge in [0, 0.05) is 35.3 Å². The van der Waals surface area contributed by atoms with E-state index in [-0.39, 0.29) is 0 Å². The fraction of sp³-hybridized carbons (Fsp3) is 0.375. The van der Waals surface area contributed by atoms with Gasteiger partial charge in [-0.05, 0) is 18.9 Å². The molecule has 93 valence electrons. The highest BCUT2D eigenvalue weighted by atomic mass is 14.9. The lowest BCUT2D eigenvalue weighted by Gasteiger charge is -2.18. The molecule has 1 saturated carbocycles. The van der Waals surface area contributed by atoms with Crippen molar-refractivity contribution in [1.82, 2.24) is 0 Å². The van der Waals surface area contributed by atoms with Crippen LogP contribution in [0.4, 0.5) is 5.69 Å². The van der Waals surface area contributed by atoms with Crippen LogP contribution < -0.4 is 5.32 Å². The predicted molar refractivity (Wildman–Crippen MR) is 76.7 cm³/mol. The molecule has 0 aromatic heterocycles. The van der Waals surface area contributed by atoms with Crippen LogP contribution in [-0.4, -0.2) is 6.21 Å². The Balaban J connectivity index is 1.82. The van der Waals surface area contributed by atoms with E-state index in [1.54, 1.807) is 5.92 Å². The molecule has 0 atom stereocenters. The maximum Gasteiger partial charge on any atom is 0.0471 e. The molecule has 1 aliphatic carbocycles. The van der Waals surface area contributed by atoms with Crippen molar-refractivity contribution in [3.63, 3.8) is 0 Å². The molecule has 2 aliphatic rings. The Morgan fingerprint density at radius 1 is 0.944 bits per heavy atom. The highest BCUT2D eigenvalue weighted by Crippen LogP contribution is 2.32. The summed E-state index contributed by atoms with van der Waals surface area (Å²) in [7, 11) is 0. The van der Waals surface area contributed by atoms with Gasteiger partial charge in [-0.2, -0.15) is 0 Å². The van der Waals surface area contributed by atoms with Gasteiger partial charge in [-0.1, -0.05) is 43.9 Å². The first kappa shape index (κ1) is 11.5. The van der Waals surface area contributed by atoms with Gasteiger partial charge in [-0.3, -0.25) is 4.99 Å². The summed E-state index contributed by atoms with van der Waals surface area (Å²) in [6.45, 7) is 0. The van der Waals surface area contributed by atoms with E-state index >= 15 is 0 Å². The normalized spacial score (nSPS) is 20.3. The average Bonchev–Trinajstić information content (AvgIpc) is 2.79. The number of rotatable bonds is 1. The molecule has 0 spiro atoms. The van der Waals surface area contributed by atoms with Crippen molar-refractivity contribution < 1.29 is 0 Å². The fourth-order valence-corrected chi connectivity index (χ4v) is 2.70. The van der Waals surface area contributed by atoms with Crippen LogP contribution in [0.15, 0.2) is 41.2 Å². The van der Waals surface area contributed by atoms with E-state index in [9.17, 15) is 0 Å². The van der Waals surface area contributed by atoms with Crippen molar-refractivity contribution in [2.75, 3.05) is 5.32 Å². The minimum Gasteiger partial charge on any atom is -0.357 e. The first-order valence-corrected chi connectivity index (χ1v) is 6.88. The van der Waals surface area contributed by atoms with Crippen LogP contribution in [0.1, 0.15) is 44.1 Å². The Labute approximate surface area is 109 Å². The third kappa shape index (κ3) is 2.47. The number of fused-ring (bicyclic) bond motifs is 1. The number of benzene rings is 1. The van der Waals surface area contributed by atoms with Crippen molar-refractivity contribution in [3.05, 3.63) is 47.6 Å². The number of hydrogen-bond donors (Lipinski definition) is 1. The number of anilines is 1. The van der Waals surface area contributed by atoms with Crippen LogP contribution in [0.3, 0.4) is 0 Å². The van der Waals surface area contributed by atoms with Gasteiger partial charge in [0.05, 0.1) is 0 Å². The van der Waals surface area contributed by atoms with Gasteiger partial charge < -0.3 is 5.32 Å². The number of nitrogens with zero attached hydrogens (tertiary/aromatic N) is 1. The van der Waals surface area contributed by atoms with E-state index in [0.29, 0.717) is 0 Å². The molecule has 2 nitrogen and oxygen atoms in total. The summed E-state index contributed by atoms with van der Waals surface area (Å²) < 4.78 is 0. The van der Waals surface area contributed by atoms with E-state index in [2.05, 4.69) is 34.6 Å². The summed E-state index contributed by atoms with van der Waals surface area (Å²) in [5, 5.41) is 3.56. The quantitative estimate of drug-likeness (QED) is 0.726. The van der Waals surface area contributed by atoms with Gasteiger partial charge in [0.1, 0.15) is 0 Å². The summed E-state index contributed by atoms with van der Waals surface area (Å²) in [6.07, 6.45) is 11.7. The fourth-order valence-electron chi connectivity index (χ4n) is 2.70. The average molecular weight is 239 g/mol. The highest BCUT2D eigenvalue weighted by molar-refractivity contribution is 5.89. The number of nitrogens with one attached hydrogen (secondary N) is 1. The summed E-state index contributed by atoms with van der Waals surface area (Å²) in [6, 6.07) is 8.34. The molecule has 1 aromatic rings. The lowest BCUT2D eigenvalue weighted by atomic mass is 9.96. The van der Waals surface area contributed by atoms with Gasteiger partial charge in [0.15, 0.2) is 0 Å². The molecule has 1 N–H and O–H groups in total. The molecular weight excluding hydrogens is 220 g/mol. The minimum atomic E-state index is 1.16. The molecule has 1 aliphatic heterocycles. The van der Waals surface area contributed by atoms with E-state index < -0.39 is 0 Å². The van der Waals surface area contributed by atoms with Gasteiger partial charge in [-0.25, -0.2) is 0 Å². The van der Waals surface area contributed by atoms with Crippen LogP contribution >= 0.6 is 0 Å². The summed E-state index contributed by atoms with van der Waals surface area (Å²) in [5.41, 5.74) is 3.55. The van der Waals surface area contributed by atoms with Crippen LogP contribution in [0.2, 0.25) is 0 Å². The minimum absolute atomic E-state index is 1.16. The molecule has 1 fully saturated rings. The third-order valence-electron chi connectivity index (χ3n) is 3.74. The molecule has 0 unspecified atom stereocenters. The second-order valence-corrected chi connectivity index (χ2v) is 5.05. The zero-order chi connectivity index (χ0) is 12.2. The van der Waals surface area contributed by atoms with Crippen LogP contribution in [0.5, 0.6) is 0 Å². The number of aliphatic imine (C=N–C) groups is 1. The molecule has 0 saturated heterocycles. The first-order chi connectivity index (χ1) is 8.93. The molecule has 1 heterocycles. The Bertz CT molecular complexity index is 466. The van der Waals surface area contributed by atoms with Gasteiger partial charge in [-0.15, -0.1) is 0 Å². The second-order valence-electron chi connectivity index (χ2n) is 5.05. The number of hydrogen-bond acceptors (Lipinski definition) is 2. The van der Waals surface area contributed by atoms with Crippen LogP contribution in [0, 0.1) is 5.92 Å². The Morgan fingerprint density at radius 2 is 1.72 bits per heavy atom. The van der Waals surface area contributed by atoms with Gasteiger partial charge >= 0.3 is 0 Å². The summed E-state index contributed by atoms with van der Waals surface area (Å²) in [5.74, 6) is 1.54. The molecule has 1 radical (unpaired) electrons. The predicted octanol–water partition coefficient (Wildman–Crippen LogP) is 4.30. The Kier molecular flexibility index (Phi) is 3.44. The largest absolute Gasteiger partial charge is 0.357 e. The van der Waals surface area contributed by atoms with E-state index in [0.717, 1.165) is 5.56 Å². The van der Waals surface area contributed by atoms with Gasteiger partial charge in [0.25, 0.3) is 0 Å². The standard InChI is InChI=1S/C16H19N2/c1-2-4-8-13(7-3-1)16-12-17-11-14-9-5-6-10-15(14)18-16/h5-6,9-12,18H,1-4,7-8H2. The maximum atomic E-state index is 4.43. The molecule has 18 heavy (non-hydrogen) atoms. The Morgan fingerprint density at radius 3 is 2.56 bits per heavy atom. The number of allylic oxidation sites excluding steroid dienone is 1. The zero-order valence-corrected chi connectivity index (χ0v) is 10.7. The van der Waals surface area contributed by atoms with Crippen LogP contribution in [-0.2, 0) is 0 Å². The third-order valence-corrected chi connectivity index (χ3v) is 3.74. The van der Waals surface area contributed by atoms with Gasteiger partial charge in [0.2, 0.25) is 0 Å². The smallest absolute Gasteiger partial charge is 0.0471 e. The molecule has 0 bridgehead atoms. The number of para-hydroxylation sites is 1. The highest BCUT2D eigenvalue weighted by Gasteiger charge is 2.19. The van der Waals surface area contributed by atoms with Crippen molar-refractivity contribution >= 4 is 11.9 Å². The molecule has 2 heteroatoms. The van der Waals surface area contributed by atoms with E-state index in [1.807, 2.05) is 12.4 Å². The molecular formula is C16H19N2. The molecule has 0 amide bonds.